The van der Waals surface area contributed by atoms with E-state index in [2.05, 4.69) is 15.3 Å². The minimum Gasteiger partial charge on any atom is -0.444 e. The third kappa shape index (κ3) is 5.79. The number of nitrogens with one attached hydrogen (secondary N) is 1. The van der Waals surface area contributed by atoms with E-state index in [9.17, 15) is 22.8 Å². The first-order valence-corrected chi connectivity index (χ1v) is 10.9. The van der Waals surface area contributed by atoms with Crippen LogP contribution in [0.2, 0.25) is 0 Å². The summed E-state index contributed by atoms with van der Waals surface area (Å²) in [5, 5.41) is 2.65. The summed E-state index contributed by atoms with van der Waals surface area (Å²) in [5.41, 5.74) is 1.50. The fourth-order valence-electron chi connectivity index (χ4n) is 3.63. The number of fused-ring (bicyclic) bond motifs is 1. The Morgan fingerprint density at radius 3 is 2.51 bits per heavy atom. The van der Waals surface area contributed by atoms with Crippen LogP contribution in [0.3, 0.4) is 0 Å². The van der Waals surface area contributed by atoms with Crippen molar-refractivity contribution in [3.8, 4) is 0 Å². The fraction of sp³-hybridized carbons (Fsp3) is 0.333. The monoisotopic (exact) mass is 487 g/mol. The molecular formula is C24H24F3N5O3. The molecule has 0 spiro atoms. The average Bonchev–Trinajstić information content (AvgIpc) is 3.22. The Bertz CT molecular complexity index is 1260. The van der Waals surface area contributed by atoms with Crippen LogP contribution >= 0.6 is 0 Å². The van der Waals surface area contributed by atoms with Gasteiger partial charge < -0.3 is 19.5 Å². The lowest BCUT2D eigenvalue weighted by Crippen LogP contribution is -2.40. The first kappa shape index (κ1) is 24.2. The van der Waals surface area contributed by atoms with Crippen LogP contribution in [0, 0.1) is 17.5 Å². The average molecular weight is 487 g/mol. The quantitative estimate of drug-likeness (QED) is 0.555. The van der Waals surface area contributed by atoms with Crippen molar-refractivity contribution in [2.75, 3.05) is 11.9 Å². The lowest BCUT2D eigenvalue weighted by Gasteiger charge is -2.30. The Hall–Kier alpha value is -3.89. The predicted octanol–water partition coefficient (Wildman–Crippen LogP) is 4.29. The highest BCUT2D eigenvalue weighted by molar-refractivity contribution is 6.03. The van der Waals surface area contributed by atoms with Gasteiger partial charge in [0.15, 0.2) is 23.3 Å². The number of pyridine rings is 1. The van der Waals surface area contributed by atoms with Gasteiger partial charge in [0, 0.05) is 25.5 Å². The van der Waals surface area contributed by atoms with Crippen LogP contribution in [0.15, 0.2) is 36.9 Å². The highest BCUT2D eigenvalue weighted by Gasteiger charge is 2.27. The molecule has 3 heterocycles. The highest BCUT2D eigenvalue weighted by atomic mass is 19.2. The van der Waals surface area contributed by atoms with Crippen LogP contribution in [-0.2, 0) is 24.2 Å². The second-order valence-corrected chi connectivity index (χ2v) is 9.24. The molecule has 3 aromatic rings. The van der Waals surface area contributed by atoms with E-state index in [-0.39, 0.29) is 17.9 Å². The summed E-state index contributed by atoms with van der Waals surface area (Å²) >= 11 is 0. The van der Waals surface area contributed by atoms with Crippen molar-refractivity contribution in [3.63, 3.8) is 0 Å². The maximum Gasteiger partial charge on any atom is 0.410 e. The normalized spacial score (nSPS) is 13.4. The summed E-state index contributed by atoms with van der Waals surface area (Å²) in [7, 11) is 0. The molecule has 0 bridgehead atoms. The number of hydrogen-bond donors (Lipinski definition) is 1. The van der Waals surface area contributed by atoms with Gasteiger partial charge in [-0.2, -0.15) is 0 Å². The van der Waals surface area contributed by atoms with Crippen molar-refractivity contribution in [3.05, 3.63) is 76.8 Å². The predicted molar refractivity (Wildman–Crippen MR) is 120 cm³/mol. The molecule has 184 valence electrons. The number of anilines is 1. The van der Waals surface area contributed by atoms with Crippen LogP contribution < -0.4 is 5.32 Å². The number of aromatic nitrogens is 3. The van der Waals surface area contributed by atoms with Gasteiger partial charge in [-0.25, -0.2) is 22.9 Å². The topological polar surface area (TPSA) is 89.4 Å². The molecule has 0 saturated heterocycles. The maximum atomic E-state index is 13.4. The molecule has 1 aliphatic rings. The number of carbonyl (C=O) groups excluding carboxylic acids is 2. The van der Waals surface area contributed by atoms with E-state index in [0.717, 1.165) is 17.7 Å². The van der Waals surface area contributed by atoms with Gasteiger partial charge in [0.05, 0.1) is 24.1 Å². The van der Waals surface area contributed by atoms with E-state index < -0.39 is 35.1 Å². The third-order valence-electron chi connectivity index (χ3n) is 5.25. The first-order chi connectivity index (χ1) is 16.5. The van der Waals surface area contributed by atoms with E-state index >= 15 is 0 Å². The van der Waals surface area contributed by atoms with E-state index in [0.29, 0.717) is 30.8 Å². The SMILES string of the molecule is CC(C)(C)OC(=O)N1CCc2cc(C(=O)Nc3cn(Cc4cc(F)c(F)c(F)c4)cn3)cnc2C1. The molecule has 2 amide bonds. The Morgan fingerprint density at radius 1 is 1.11 bits per heavy atom. The molecule has 2 aromatic heterocycles. The lowest BCUT2D eigenvalue weighted by atomic mass is 10.0. The molecule has 0 fully saturated rings. The number of ether oxygens (including phenoxy) is 1. The maximum absolute atomic E-state index is 13.4. The van der Waals surface area contributed by atoms with E-state index in [4.69, 9.17) is 4.74 Å². The van der Waals surface area contributed by atoms with Gasteiger partial charge in [0.2, 0.25) is 0 Å². The largest absolute Gasteiger partial charge is 0.444 e. The molecule has 0 aliphatic carbocycles. The standard InChI is InChI=1S/C24H24F3N5O3/c1-24(2,3)35-23(34)32-5-4-15-8-16(9-28-19(15)11-32)22(33)30-20-12-31(13-29-20)10-14-6-17(25)21(27)18(26)7-14/h6-9,12-13H,4-5,10-11H2,1-3H3,(H,30,33). The smallest absolute Gasteiger partial charge is 0.410 e. The van der Waals surface area contributed by atoms with Crippen LogP contribution in [0.4, 0.5) is 23.8 Å². The molecule has 8 nitrogen and oxygen atoms in total. The third-order valence-corrected chi connectivity index (χ3v) is 5.25. The Morgan fingerprint density at radius 2 is 1.83 bits per heavy atom. The molecule has 4 rings (SSSR count). The number of rotatable bonds is 4. The Balaban J connectivity index is 1.39. The highest BCUT2D eigenvalue weighted by Crippen LogP contribution is 2.21. The number of nitrogens with zero attached hydrogens (tertiary/aromatic N) is 4. The van der Waals surface area contributed by atoms with Crippen molar-refractivity contribution in [2.24, 2.45) is 0 Å². The van der Waals surface area contributed by atoms with Crippen molar-refractivity contribution in [1.29, 1.82) is 0 Å². The lowest BCUT2D eigenvalue weighted by molar-refractivity contribution is 0.0220. The van der Waals surface area contributed by atoms with Crippen molar-refractivity contribution in [1.82, 2.24) is 19.4 Å². The first-order valence-electron chi connectivity index (χ1n) is 10.9. The Kier molecular flexibility index (Phi) is 6.51. The van der Waals surface area contributed by atoms with Gasteiger partial charge >= 0.3 is 6.09 Å². The van der Waals surface area contributed by atoms with E-state index in [1.165, 1.54) is 23.3 Å². The number of benzene rings is 1. The van der Waals surface area contributed by atoms with E-state index in [1.807, 2.05) is 0 Å². The molecule has 1 aromatic carbocycles. The number of amides is 2. The zero-order valence-electron chi connectivity index (χ0n) is 19.4. The number of carbonyl (C=O) groups is 2. The summed E-state index contributed by atoms with van der Waals surface area (Å²) in [6, 6.07) is 3.53. The van der Waals surface area contributed by atoms with Gasteiger partial charge in [-0.15, -0.1) is 0 Å². The van der Waals surface area contributed by atoms with Crippen molar-refractivity contribution < 1.29 is 27.5 Å². The minimum absolute atomic E-state index is 0.0333. The molecule has 0 saturated carbocycles. The molecule has 0 atom stereocenters. The molecular weight excluding hydrogens is 463 g/mol. The van der Waals surface area contributed by atoms with Crippen LogP contribution in [0.1, 0.15) is 48.0 Å². The molecule has 1 N–H and O–H groups in total. The van der Waals surface area contributed by atoms with Crippen molar-refractivity contribution in [2.45, 2.75) is 45.9 Å². The van der Waals surface area contributed by atoms with Crippen LogP contribution in [0.25, 0.3) is 0 Å². The Labute approximate surface area is 199 Å². The summed E-state index contributed by atoms with van der Waals surface area (Å²) < 4.78 is 46.9. The zero-order valence-corrected chi connectivity index (χ0v) is 19.4. The van der Waals surface area contributed by atoms with Gasteiger partial charge in [-0.05, 0) is 56.5 Å². The number of imidazole rings is 1. The number of hydrogen-bond acceptors (Lipinski definition) is 5. The molecule has 0 radical (unpaired) electrons. The zero-order chi connectivity index (χ0) is 25.3. The number of halogens is 3. The fourth-order valence-corrected chi connectivity index (χ4v) is 3.63. The molecule has 35 heavy (non-hydrogen) atoms. The molecule has 0 unspecified atom stereocenters. The molecule has 11 heteroatoms. The summed E-state index contributed by atoms with van der Waals surface area (Å²) in [6.07, 6.45) is 4.41. The second kappa shape index (κ2) is 9.40. The van der Waals surface area contributed by atoms with Crippen molar-refractivity contribution >= 4 is 17.8 Å². The summed E-state index contributed by atoms with van der Waals surface area (Å²) in [6.45, 7) is 6.18. The van der Waals surface area contributed by atoms with Crippen LogP contribution in [0.5, 0.6) is 0 Å². The summed E-state index contributed by atoms with van der Waals surface area (Å²) in [5.74, 6) is -4.28. The summed E-state index contributed by atoms with van der Waals surface area (Å²) in [4.78, 5) is 35.0. The minimum atomic E-state index is -1.52. The van der Waals surface area contributed by atoms with E-state index in [1.54, 1.807) is 31.7 Å². The van der Waals surface area contributed by atoms with Gasteiger partial charge in [-0.3, -0.25) is 9.78 Å². The van der Waals surface area contributed by atoms with Gasteiger partial charge in [0.25, 0.3) is 5.91 Å². The molecule has 1 aliphatic heterocycles. The van der Waals surface area contributed by atoms with Gasteiger partial charge in [0.1, 0.15) is 5.60 Å². The second-order valence-electron chi connectivity index (χ2n) is 9.24. The van der Waals surface area contributed by atoms with Crippen LogP contribution in [-0.4, -0.2) is 43.6 Å². The van der Waals surface area contributed by atoms with Gasteiger partial charge in [-0.1, -0.05) is 0 Å².